The highest BCUT2D eigenvalue weighted by Crippen LogP contribution is 2.18. The lowest BCUT2D eigenvalue weighted by Crippen LogP contribution is -2.27. The van der Waals surface area contributed by atoms with Crippen molar-refractivity contribution in [3.8, 4) is 0 Å². The molecule has 0 bridgehead atoms. The highest BCUT2D eigenvalue weighted by atomic mass is 35.5. The van der Waals surface area contributed by atoms with Gasteiger partial charge in [0.05, 0.1) is 11.0 Å². The molecule has 1 N–H and O–H groups in total. The summed E-state index contributed by atoms with van der Waals surface area (Å²) >= 11 is 5.81. The fourth-order valence-electron chi connectivity index (χ4n) is 2.14. The molecule has 102 valence electrons. The van der Waals surface area contributed by atoms with Crippen molar-refractivity contribution in [2.24, 2.45) is 0 Å². The number of halogens is 1. The first kappa shape index (κ1) is 13.9. The summed E-state index contributed by atoms with van der Waals surface area (Å²) in [7, 11) is 0. The number of aryl methyl sites for hydroxylation is 2. The molecule has 1 amide bonds. The van der Waals surface area contributed by atoms with Crippen molar-refractivity contribution >= 4 is 28.5 Å². The van der Waals surface area contributed by atoms with Crippen molar-refractivity contribution in [1.29, 1.82) is 0 Å². The van der Waals surface area contributed by atoms with Crippen molar-refractivity contribution in [2.45, 2.75) is 26.8 Å². The van der Waals surface area contributed by atoms with Crippen molar-refractivity contribution in [2.75, 3.05) is 12.4 Å². The number of nitrogens with one attached hydrogen (secondary N) is 1. The van der Waals surface area contributed by atoms with E-state index in [0.717, 1.165) is 22.4 Å². The van der Waals surface area contributed by atoms with E-state index in [1.165, 1.54) is 0 Å². The van der Waals surface area contributed by atoms with Gasteiger partial charge in [0.25, 0.3) is 0 Å². The maximum absolute atomic E-state index is 11.8. The van der Waals surface area contributed by atoms with Crippen LogP contribution in [0.5, 0.6) is 0 Å². The highest BCUT2D eigenvalue weighted by molar-refractivity contribution is 6.17. The molecule has 0 aliphatic carbocycles. The molecule has 0 aliphatic rings. The summed E-state index contributed by atoms with van der Waals surface area (Å²) in [6.07, 6.45) is 0.661. The van der Waals surface area contributed by atoms with E-state index in [9.17, 15) is 4.79 Å². The Labute approximate surface area is 117 Å². The molecule has 0 unspecified atom stereocenters. The molecule has 19 heavy (non-hydrogen) atoms. The summed E-state index contributed by atoms with van der Waals surface area (Å²) in [6.45, 7) is 4.87. The number of likely N-dealkylation sites (N-methyl/N-ethyl adjacent to an activating group) is 1. The Kier molecular flexibility index (Phi) is 4.43. The van der Waals surface area contributed by atoms with E-state index in [0.29, 0.717) is 25.4 Å². The first-order chi connectivity index (χ1) is 9.15. The SMILES string of the molecule is CCNC(=O)Cn1c(CCCl)nc2cc(C)ccc21. The Balaban J connectivity index is 2.42. The smallest absolute Gasteiger partial charge is 0.239 e. The zero-order chi connectivity index (χ0) is 13.8. The maximum atomic E-state index is 11.8. The molecule has 0 spiro atoms. The zero-order valence-corrected chi connectivity index (χ0v) is 12.0. The molecule has 0 atom stereocenters. The van der Waals surface area contributed by atoms with Crippen molar-refractivity contribution in [3.63, 3.8) is 0 Å². The third-order valence-electron chi connectivity index (χ3n) is 2.98. The monoisotopic (exact) mass is 279 g/mol. The first-order valence-electron chi connectivity index (χ1n) is 6.44. The molecule has 0 saturated heterocycles. The van der Waals surface area contributed by atoms with E-state index in [1.54, 1.807) is 0 Å². The minimum atomic E-state index is -0.00167. The molecule has 1 aromatic heterocycles. The molecule has 1 heterocycles. The second kappa shape index (κ2) is 6.06. The molecule has 0 fully saturated rings. The van der Waals surface area contributed by atoms with Gasteiger partial charge in [0, 0.05) is 18.8 Å². The fourth-order valence-corrected chi connectivity index (χ4v) is 2.31. The number of imidazole rings is 1. The van der Waals surface area contributed by atoms with Gasteiger partial charge in [0.1, 0.15) is 12.4 Å². The summed E-state index contributed by atoms with van der Waals surface area (Å²) in [5.41, 5.74) is 3.06. The van der Waals surface area contributed by atoms with Crippen molar-refractivity contribution in [1.82, 2.24) is 14.9 Å². The van der Waals surface area contributed by atoms with Crippen LogP contribution < -0.4 is 5.32 Å². The van der Waals surface area contributed by atoms with Gasteiger partial charge in [0.2, 0.25) is 5.91 Å². The number of alkyl halides is 1. The number of carbonyl (C=O) groups excluding carboxylic acids is 1. The maximum Gasteiger partial charge on any atom is 0.239 e. The molecule has 2 rings (SSSR count). The van der Waals surface area contributed by atoms with Gasteiger partial charge in [-0.15, -0.1) is 11.6 Å². The van der Waals surface area contributed by atoms with E-state index in [2.05, 4.69) is 10.3 Å². The quantitative estimate of drug-likeness (QED) is 0.854. The van der Waals surface area contributed by atoms with E-state index < -0.39 is 0 Å². The molecule has 5 heteroatoms. The molecular formula is C14H18ClN3O. The van der Waals surface area contributed by atoms with Crippen LogP contribution in [0.2, 0.25) is 0 Å². The minimum absolute atomic E-state index is 0.00167. The lowest BCUT2D eigenvalue weighted by atomic mass is 10.2. The second-order valence-corrected chi connectivity index (χ2v) is 4.88. The van der Waals surface area contributed by atoms with E-state index in [4.69, 9.17) is 11.6 Å². The summed E-state index contributed by atoms with van der Waals surface area (Å²) < 4.78 is 1.95. The number of amides is 1. The molecule has 2 aromatic rings. The number of hydrogen-bond donors (Lipinski definition) is 1. The Hall–Kier alpha value is -1.55. The Bertz CT molecular complexity index is 592. The average molecular weight is 280 g/mol. The minimum Gasteiger partial charge on any atom is -0.355 e. The summed E-state index contributed by atoms with van der Waals surface area (Å²) in [5.74, 6) is 1.36. The lowest BCUT2D eigenvalue weighted by molar-refractivity contribution is -0.121. The molecule has 4 nitrogen and oxygen atoms in total. The van der Waals surface area contributed by atoms with Crippen LogP contribution in [0.15, 0.2) is 18.2 Å². The van der Waals surface area contributed by atoms with E-state index >= 15 is 0 Å². The number of fused-ring (bicyclic) bond motifs is 1. The number of benzene rings is 1. The van der Waals surface area contributed by atoms with Gasteiger partial charge in [-0.3, -0.25) is 4.79 Å². The predicted octanol–water partition coefficient (Wildman–Crippen LogP) is 2.26. The largest absolute Gasteiger partial charge is 0.355 e. The Morgan fingerprint density at radius 2 is 2.26 bits per heavy atom. The van der Waals surface area contributed by atoms with Gasteiger partial charge >= 0.3 is 0 Å². The second-order valence-electron chi connectivity index (χ2n) is 4.50. The van der Waals surface area contributed by atoms with Crippen LogP contribution in [0.3, 0.4) is 0 Å². The van der Waals surface area contributed by atoms with Crippen molar-refractivity contribution < 1.29 is 4.79 Å². The van der Waals surface area contributed by atoms with E-state index in [-0.39, 0.29) is 5.91 Å². The molecule has 1 aromatic carbocycles. The van der Waals surface area contributed by atoms with Crippen LogP contribution in [0.1, 0.15) is 18.3 Å². The molecule has 0 saturated carbocycles. The summed E-state index contributed by atoms with van der Waals surface area (Å²) in [6, 6.07) is 6.07. The zero-order valence-electron chi connectivity index (χ0n) is 11.2. The van der Waals surface area contributed by atoms with E-state index in [1.807, 2.05) is 36.6 Å². The molecular weight excluding hydrogens is 262 g/mol. The van der Waals surface area contributed by atoms with Crippen LogP contribution in [0.25, 0.3) is 11.0 Å². The fraction of sp³-hybridized carbons (Fsp3) is 0.429. The third kappa shape index (κ3) is 3.07. The van der Waals surface area contributed by atoms with Gasteiger partial charge in [-0.1, -0.05) is 6.07 Å². The van der Waals surface area contributed by atoms with Gasteiger partial charge in [-0.25, -0.2) is 4.98 Å². The average Bonchev–Trinajstić information content (AvgIpc) is 2.67. The standard InChI is InChI=1S/C14H18ClN3O/c1-3-16-14(19)9-18-12-5-4-10(2)8-11(12)17-13(18)6-7-15/h4-5,8H,3,6-7,9H2,1-2H3,(H,16,19). The Morgan fingerprint density at radius 1 is 1.47 bits per heavy atom. The van der Waals surface area contributed by atoms with Crippen molar-refractivity contribution in [3.05, 3.63) is 29.6 Å². The lowest BCUT2D eigenvalue weighted by Gasteiger charge is -2.08. The topological polar surface area (TPSA) is 46.9 Å². The third-order valence-corrected chi connectivity index (χ3v) is 3.17. The van der Waals surface area contributed by atoms with Gasteiger partial charge in [-0.2, -0.15) is 0 Å². The van der Waals surface area contributed by atoms with Crippen LogP contribution in [-0.2, 0) is 17.8 Å². The van der Waals surface area contributed by atoms with Crippen LogP contribution >= 0.6 is 11.6 Å². The first-order valence-corrected chi connectivity index (χ1v) is 6.97. The number of carbonyl (C=O) groups is 1. The number of rotatable bonds is 5. The number of nitrogens with zero attached hydrogens (tertiary/aromatic N) is 2. The molecule has 0 aliphatic heterocycles. The molecule has 0 radical (unpaired) electrons. The summed E-state index contributed by atoms with van der Waals surface area (Å²) in [5, 5.41) is 2.81. The normalized spacial score (nSPS) is 10.9. The summed E-state index contributed by atoms with van der Waals surface area (Å²) in [4.78, 5) is 16.4. The van der Waals surface area contributed by atoms with Gasteiger partial charge in [-0.05, 0) is 31.5 Å². The number of hydrogen-bond acceptors (Lipinski definition) is 2. The number of aromatic nitrogens is 2. The highest BCUT2D eigenvalue weighted by Gasteiger charge is 2.13. The van der Waals surface area contributed by atoms with Gasteiger partial charge in [0.15, 0.2) is 0 Å². The van der Waals surface area contributed by atoms with Gasteiger partial charge < -0.3 is 9.88 Å². The predicted molar refractivity (Wildman–Crippen MR) is 77.6 cm³/mol. The van der Waals surface area contributed by atoms with Crippen LogP contribution in [0.4, 0.5) is 0 Å². The van der Waals surface area contributed by atoms with Crippen LogP contribution in [-0.4, -0.2) is 27.9 Å². The Morgan fingerprint density at radius 3 is 2.95 bits per heavy atom. The van der Waals surface area contributed by atoms with Crippen LogP contribution in [0, 0.1) is 6.92 Å².